The number of benzene rings is 1. The molecule has 0 bridgehead atoms. The molecule has 0 aliphatic carbocycles. The molecule has 0 nitrogen and oxygen atoms in total. The summed E-state index contributed by atoms with van der Waals surface area (Å²) in [6.45, 7) is 6.25. The van der Waals surface area contributed by atoms with E-state index in [0.29, 0.717) is 0 Å². The molecule has 1 aromatic carbocycles. The first-order valence-corrected chi connectivity index (χ1v) is 3.41. The second-order valence-electron chi connectivity index (χ2n) is 2.58. The van der Waals surface area contributed by atoms with Crippen molar-refractivity contribution in [2.75, 3.05) is 0 Å². The van der Waals surface area contributed by atoms with Crippen molar-refractivity contribution in [1.29, 1.82) is 0 Å². The smallest absolute Gasteiger partial charge is 0.0184 e. The van der Waals surface area contributed by atoms with Gasteiger partial charge in [-0.1, -0.05) is 51.1 Å². The highest BCUT2D eigenvalue weighted by Gasteiger charge is 1.69. The van der Waals surface area contributed by atoms with Crippen LogP contribution in [0.2, 0.25) is 0 Å². The van der Waals surface area contributed by atoms with Crippen LogP contribution in [0.25, 0.3) is 0 Å². The predicted octanol–water partition coefficient (Wildman–Crippen LogP) is 3.11. The summed E-state index contributed by atoms with van der Waals surface area (Å²) in [6.07, 6.45) is 0. The Morgan fingerprint density at radius 3 is 1.40 bits per heavy atom. The SMILES string of the molecule is C[C](C)C.[c]1ccccc1. The maximum atomic E-state index is 2.89. The first-order chi connectivity index (χ1) is 4.73. The van der Waals surface area contributed by atoms with Crippen LogP contribution in [0.1, 0.15) is 20.8 Å². The van der Waals surface area contributed by atoms with Gasteiger partial charge in [-0.05, 0) is 12.0 Å². The normalized spacial score (nSPS) is 8.40. The second-order valence-corrected chi connectivity index (χ2v) is 2.58. The third-order valence-electron chi connectivity index (χ3n) is 0.607. The zero-order chi connectivity index (χ0) is 7.82. The molecular weight excluding hydrogens is 120 g/mol. The average Bonchev–Trinajstić information content (AvgIpc) is 1.90. The largest absolute Gasteiger partial charge is 0.0622 e. The van der Waals surface area contributed by atoms with E-state index in [9.17, 15) is 0 Å². The summed E-state index contributed by atoms with van der Waals surface area (Å²) in [4.78, 5) is 0. The van der Waals surface area contributed by atoms with Crippen LogP contribution >= 0.6 is 0 Å². The van der Waals surface area contributed by atoms with Gasteiger partial charge in [0.25, 0.3) is 0 Å². The molecule has 0 N–H and O–H groups in total. The molecule has 0 spiro atoms. The molecular formula is C10H14. The summed E-state index contributed by atoms with van der Waals surface area (Å²) in [7, 11) is 0. The van der Waals surface area contributed by atoms with Gasteiger partial charge in [-0.25, -0.2) is 0 Å². The summed E-state index contributed by atoms with van der Waals surface area (Å²) >= 11 is 0. The molecule has 0 heteroatoms. The van der Waals surface area contributed by atoms with Gasteiger partial charge in [0, 0.05) is 0 Å². The van der Waals surface area contributed by atoms with Gasteiger partial charge in [0.1, 0.15) is 0 Å². The van der Waals surface area contributed by atoms with Crippen LogP contribution < -0.4 is 0 Å². The Hall–Kier alpha value is -0.780. The summed E-state index contributed by atoms with van der Waals surface area (Å²) in [5, 5.41) is 0. The Kier molecular flexibility index (Phi) is 5.85. The molecule has 1 aromatic rings. The first-order valence-electron chi connectivity index (χ1n) is 3.41. The average molecular weight is 134 g/mol. The van der Waals surface area contributed by atoms with Gasteiger partial charge >= 0.3 is 0 Å². The first kappa shape index (κ1) is 9.22. The van der Waals surface area contributed by atoms with Gasteiger partial charge < -0.3 is 0 Å². The molecule has 0 atom stereocenters. The number of hydrogen-bond donors (Lipinski definition) is 0. The topological polar surface area (TPSA) is 0 Å². The Balaban J connectivity index is 0.000000180. The van der Waals surface area contributed by atoms with E-state index in [1.165, 1.54) is 5.92 Å². The van der Waals surface area contributed by atoms with Crippen LogP contribution in [0.4, 0.5) is 0 Å². The lowest BCUT2D eigenvalue weighted by Crippen LogP contribution is -1.62. The van der Waals surface area contributed by atoms with Crippen molar-refractivity contribution < 1.29 is 0 Å². The van der Waals surface area contributed by atoms with Gasteiger partial charge in [0.15, 0.2) is 0 Å². The molecule has 0 aromatic heterocycles. The summed E-state index contributed by atoms with van der Waals surface area (Å²) < 4.78 is 0. The van der Waals surface area contributed by atoms with Gasteiger partial charge in [-0.2, -0.15) is 0 Å². The van der Waals surface area contributed by atoms with Crippen molar-refractivity contribution in [2.24, 2.45) is 0 Å². The van der Waals surface area contributed by atoms with Crippen LogP contribution in [0.5, 0.6) is 0 Å². The fourth-order valence-electron chi connectivity index (χ4n) is 0.342. The Morgan fingerprint density at radius 1 is 0.900 bits per heavy atom. The molecule has 0 fully saturated rings. The molecule has 0 amide bonds. The van der Waals surface area contributed by atoms with Crippen LogP contribution in [0, 0.1) is 12.0 Å². The molecule has 2 radical (unpaired) electrons. The van der Waals surface area contributed by atoms with Crippen LogP contribution in [-0.4, -0.2) is 0 Å². The third kappa shape index (κ3) is 10.3. The highest BCUT2D eigenvalue weighted by molar-refractivity contribution is 4.97. The van der Waals surface area contributed by atoms with Crippen LogP contribution in [0.3, 0.4) is 0 Å². The quantitative estimate of drug-likeness (QED) is 0.511. The van der Waals surface area contributed by atoms with E-state index in [2.05, 4.69) is 26.8 Å². The van der Waals surface area contributed by atoms with Crippen LogP contribution in [-0.2, 0) is 0 Å². The lowest BCUT2D eigenvalue weighted by molar-refractivity contribution is 1.10. The van der Waals surface area contributed by atoms with Gasteiger partial charge in [0.2, 0.25) is 0 Å². The summed E-state index contributed by atoms with van der Waals surface area (Å²) in [5.74, 6) is 1.42. The number of rotatable bonds is 0. The second kappa shape index (κ2) is 6.34. The fourth-order valence-corrected chi connectivity index (χ4v) is 0.342. The number of hydrogen-bond acceptors (Lipinski definition) is 0. The minimum Gasteiger partial charge on any atom is -0.0622 e. The zero-order valence-corrected chi connectivity index (χ0v) is 6.89. The van der Waals surface area contributed by atoms with E-state index in [1.807, 2.05) is 30.3 Å². The van der Waals surface area contributed by atoms with Crippen molar-refractivity contribution in [3.05, 3.63) is 42.3 Å². The molecule has 0 heterocycles. The molecule has 1 rings (SSSR count). The van der Waals surface area contributed by atoms with Crippen molar-refractivity contribution in [2.45, 2.75) is 20.8 Å². The Bertz CT molecular complexity index is 101. The lowest BCUT2D eigenvalue weighted by atomic mass is 10.3. The highest BCUT2D eigenvalue weighted by atomic mass is 13.7. The molecule has 0 saturated carbocycles. The minimum atomic E-state index is 1.42. The fraction of sp³-hybridized carbons (Fsp3) is 0.300. The Labute approximate surface area is 63.9 Å². The molecule has 0 aliphatic heterocycles. The van der Waals surface area contributed by atoms with E-state index in [-0.39, 0.29) is 0 Å². The summed E-state index contributed by atoms with van der Waals surface area (Å²) in [5.41, 5.74) is 0. The third-order valence-corrected chi connectivity index (χ3v) is 0.607. The van der Waals surface area contributed by atoms with E-state index in [0.717, 1.165) is 0 Å². The summed E-state index contributed by atoms with van der Waals surface area (Å²) in [6, 6.07) is 12.5. The zero-order valence-electron chi connectivity index (χ0n) is 6.89. The van der Waals surface area contributed by atoms with Crippen molar-refractivity contribution in [3.8, 4) is 0 Å². The molecule has 10 heavy (non-hydrogen) atoms. The van der Waals surface area contributed by atoms with Crippen molar-refractivity contribution >= 4 is 0 Å². The van der Waals surface area contributed by atoms with Gasteiger partial charge in [0.05, 0.1) is 0 Å². The lowest BCUT2D eigenvalue weighted by Gasteiger charge is -1.78. The molecule has 54 valence electrons. The highest BCUT2D eigenvalue weighted by Crippen LogP contribution is 1.85. The van der Waals surface area contributed by atoms with Crippen molar-refractivity contribution in [3.63, 3.8) is 0 Å². The van der Waals surface area contributed by atoms with Crippen molar-refractivity contribution in [1.82, 2.24) is 0 Å². The van der Waals surface area contributed by atoms with Crippen LogP contribution in [0.15, 0.2) is 30.3 Å². The molecule has 0 unspecified atom stereocenters. The van der Waals surface area contributed by atoms with Gasteiger partial charge in [-0.3, -0.25) is 0 Å². The van der Waals surface area contributed by atoms with Gasteiger partial charge in [-0.15, -0.1) is 0 Å². The standard InChI is InChI=1S/C6H5.C4H9/c1-2-4-6-5-3-1;1-4(2)3/h1-5H;1-3H3. The maximum absolute atomic E-state index is 2.89. The molecule has 0 saturated heterocycles. The predicted molar refractivity (Wildman–Crippen MR) is 45.5 cm³/mol. The minimum absolute atomic E-state index is 1.42. The maximum Gasteiger partial charge on any atom is -0.0184 e. The monoisotopic (exact) mass is 134 g/mol. The van der Waals surface area contributed by atoms with E-state index < -0.39 is 0 Å². The van der Waals surface area contributed by atoms with E-state index in [4.69, 9.17) is 0 Å². The van der Waals surface area contributed by atoms with E-state index >= 15 is 0 Å². The van der Waals surface area contributed by atoms with E-state index in [1.54, 1.807) is 0 Å². The Morgan fingerprint density at radius 2 is 1.30 bits per heavy atom. The molecule has 0 aliphatic rings.